The SMILES string of the molecule is C=C=C(C)CCCCCCCC.C=C=C(CC(CC(=O)C=C)CC(=O)OCCCCCCCC)OCCCCCCCC.C=CCC(CC(=O)OCCCCCCCC)CC(=O)O[C@@H](CC)CC(C)CC(=O)CC.CC.CC1CCCCC1. The average Bonchev–Trinajstić information content (AvgIpc) is 3.48. The lowest BCUT2D eigenvalue weighted by molar-refractivity contribution is -0.152. The summed E-state index contributed by atoms with van der Waals surface area (Å²) >= 11 is 0. The smallest absolute Gasteiger partial charge is 0.306 e. The number of hydrogen-bond donors (Lipinski definition) is 0. The van der Waals surface area contributed by atoms with E-state index in [0.29, 0.717) is 64.1 Å². The largest absolute Gasteiger partial charge is 0.490 e. The minimum Gasteiger partial charge on any atom is -0.490 e. The number of allylic oxidation sites excluding steroid dienone is 4. The Morgan fingerprint density at radius 1 is 0.530 bits per heavy atom. The highest BCUT2D eigenvalue weighted by Crippen LogP contribution is 2.24. The molecule has 0 aliphatic heterocycles. The lowest BCUT2D eigenvalue weighted by Gasteiger charge is -2.21. The van der Waals surface area contributed by atoms with Crippen LogP contribution in [0, 0.1) is 23.7 Å². The lowest BCUT2D eigenvalue weighted by atomic mass is 9.91. The summed E-state index contributed by atoms with van der Waals surface area (Å²) in [5.74, 6) is 0.861. The summed E-state index contributed by atoms with van der Waals surface area (Å²) in [6, 6.07) is 0. The van der Waals surface area contributed by atoms with Crippen molar-refractivity contribution in [2.24, 2.45) is 23.7 Å². The van der Waals surface area contributed by atoms with Gasteiger partial charge in [-0.15, -0.1) is 12.3 Å². The van der Waals surface area contributed by atoms with Gasteiger partial charge in [-0.25, -0.2) is 0 Å². The van der Waals surface area contributed by atoms with Crippen molar-refractivity contribution in [1.82, 2.24) is 0 Å². The summed E-state index contributed by atoms with van der Waals surface area (Å²) in [6.07, 6.45) is 44.9. The van der Waals surface area contributed by atoms with E-state index >= 15 is 0 Å². The maximum atomic E-state index is 12.4. The minimum atomic E-state index is -0.295. The Morgan fingerprint density at radius 3 is 1.36 bits per heavy atom. The molecule has 484 valence electrons. The monoisotopic (exact) mass is 1170 g/mol. The molecule has 9 heteroatoms. The molecule has 1 aliphatic carbocycles. The summed E-state index contributed by atoms with van der Waals surface area (Å²) < 4.78 is 22.2. The molecule has 0 spiro atoms. The Bertz CT molecular complexity index is 1640. The van der Waals surface area contributed by atoms with E-state index in [9.17, 15) is 24.0 Å². The summed E-state index contributed by atoms with van der Waals surface area (Å²) in [6.45, 7) is 39.3. The van der Waals surface area contributed by atoms with Gasteiger partial charge in [-0.2, -0.15) is 0 Å². The Morgan fingerprint density at radius 2 is 0.964 bits per heavy atom. The third-order valence-corrected chi connectivity index (χ3v) is 15.0. The molecule has 1 aliphatic rings. The number of rotatable bonds is 49. The van der Waals surface area contributed by atoms with E-state index in [1.54, 1.807) is 6.08 Å². The number of esters is 3. The first-order chi connectivity index (χ1) is 40.1. The molecule has 0 aromatic heterocycles. The zero-order valence-electron chi connectivity index (χ0n) is 56.4. The molecule has 1 fully saturated rings. The van der Waals surface area contributed by atoms with Gasteiger partial charge in [0.15, 0.2) is 5.78 Å². The Kier molecular flexibility index (Phi) is 69.2. The highest BCUT2D eigenvalue weighted by molar-refractivity contribution is 5.89. The molecule has 0 heterocycles. The second-order valence-electron chi connectivity index (χ2n) is 23.3. The van der Waals surface area contributed by atoms with E-state index < -0.39 is 0 Å². The molecule has 1 rings (SSSR count). The third-order valence-electron chi connectivity index (χ3n) is 15.0. The molecule has 83 heavy (non-hydrogen) atoms. The fraction of sp³-hybridized carbons (Fsp3) is 0.797. The van der Waals surface area contributed by atoms with Gasteiger partial charge in [-0.05, 0) is 93.6 Å². The van der Waals surface area contributed by atoms with Crippen LogP contribution in [0.1, 0.15) is 333 Å². The van der Waals surface area contributed by atoms with Crippen molar-refractivity contribution in [3.05, 3.63) is 61.3 Å². The molecular weight excluding hydrogens is 1030 g/mol. The summed E-state index contributed by atoms with van der Waals surface area (Å²) in [5, 5.41) is 0. The average molecular weight is 1170 g/mol. The van der Waals surface area contributed by atoms with E-state index in [4.69, 9.17) is 18.9 Å². The van der Waals surface area contributed by atoms with Crippen LogP contribution in [0.4, 0.5) is 0 Å². The van der Waals surface area contributed by atoms with E-state index in [2.05, 4.69) is 79.3 Å². The summed E-state index contributed by atoms with van der Waals surface area (Å²) in [4.78, 5) is 60.4. The highest BCUT2D eigenvalue weighted by Gasteiger charge is 2.23. The van der Waals surface area contributed by atoms with Crippen LogP contribution in [0.25, 0.3) is 0 Å². The first-order valence-electron chi connectivity index (χ1n) is 34.3. The Labute approximate surface area is 514 Å². The molecule has 3 unspecified atom stereocenters. The van der Waals surface area contributed by atoms with Crippen LogP contribution in [-0.2, 0) is 42.9 Å². The van der Waals surface area contributed by atoms with Crippen LogP contribution in [0.5, 0.6) is 0 Å². The number of Topliss-reactive ketones (excluding diaryl/α,β-unsaturated/α-hetero) is 1. The van der Waals surface area contributed by atoms with Gasteiger partial charge < -0.3 is 18.9 Å². The third kappa shape index (κ3) is 63.9. The number of ether oxygens (including phenoxy) is 4. The second-order valence-corrected chi connectivity index (χ2v) is 23.3. The van der Waals surface area contributed by atoms with E-state index in [1.165, 1.54) is 166 Å². The van der Waals surface area contributed by atoms with Crippen molar-refractivity contribution in [2.45, 2.75) is 339 Å². The quantitative estimate of drug-likeness (QED) is 0.0111. The molecule has 4 atom stereocenters. The number of unbranched alkanes of at least 4 members (excludes halogenated alkanes) is 20. The molecule has 0 aromatic carbocycles. The molecular formula is C74H134O9. The van der Waals surface area contributed by atoms with Crippen LogP contribution >= 0.6 is 0 Å². The minimum absolute atomic E-state index is 0.0759. The van der Waals surface area contributed by atoms with Gasteiger partial charge in [0.1, 0.15) is 17.6 Å². The van der Waals surface area contributed by atoms with Crippen molar-refractivity contribution >= 4 is 29.5 Å². The standard InChI is InChI=1S/C27H46O4.C26H46O5.C12H22.C7H14.C2H6/c1-5-9-11-13-15-17-19-30-26(8-4)22-24(21-25(28)7-3)23-27(29)31-20-18-16-14-12-10-6-2;1-6-10-11-12-13-14-16-30-25(28)19-22(15-7-2)20-26(29)31-24(9-4)18-21(5)17-23(27)8-3;1-4-6-7-8-9-10-11-12(3)5-2;1-7-5-3-2-4-6-7;1-2/h7,24H,3-6,9-23H2,1-2H3;7,21-22,24H,2,6,8-20H2,1,3-5H3;2,4,6-11H2,1,3H3;7H,2-6H2,1H3;1-2H3/t;21?,22?,24-;;;/m.0.../s1. The topological polar surface area (TPSA) is 122 Å². The predicted octanol–water partition coefficient (Wildman–Crippen LogP) is 22.1. The van der Waals surface area contributed by atoms with Crippen molar-refractivity contribution in [1.29, 1.82) is 0 Å². The number of ketones is 2. The lowest BCUT2D eigenvalue weighted by Crippen LogP contribution is -2.23. The van der Waals surface area contributed by atoms with Crippen LogP contribution in [0.15, 0.2) is 61.3 Å². The van der Waals surface area contributed by atoms with Crippen molar-refractivity contribution in [3.8, 4) is 0 Å². The predicted molar refractivity (Wildman–Crippen MR) is 355 cm³/mol. The first kappa shape index (κ1) is 85.5. The van der Waals surface area contributed by atoms with Gasteiger partial charge in [-0.1, -0.05) is 261 Å². The van der Waals surface area contributed by atoms with Crippen LogP contribution in [0.2, 0.25) is 0 Å². The molecule has 1 saturated carbocycles. The summed E-state index contributed by atoms with van der Waals surface area (Å²) in [5.41, 5.74) is 7.08. The maximum Gasteiger partial charge on any atom is 0.306 e. The van der Waals surface area contributed by atoms with E-state index in [-0.39, 0.29) is 79.0 Å². The summed E-state index contributed by atoms with van der Waals surface area (Å²) in [7, 11) is 0. The molecule has 0 bridgehead atoms. The fourth-order valence-electron chi connectivity index (χ4n) is 9.71. The molecule has 0 radical (unpaired) electrons. The Balaban J connectivity index is -0.000000558. The van der Waals surface area contributed by atoms with Gasteiger partial charge in [0, 0.05) is 44.9 Å². The van der Waals surface area contributed by atoms with Gasteiger partial charge >= 0.3 is 17.9 Å². The molecule has 9 nitrogen and oxygen atoms in total. The molecule has 0 N–H and O–H groups in total. The zero-order valence-corrected chi connectivity index (χ0v) is 56.4. The highest BCUT2D eigenvalue weighted by atomic mass is 16.5. The van der Waals surface area contributed by atoms with Crippen molar-refractivity contribution in [2.75, 3.05) is 19.8 Å². The fourth-order valence-corrected chi connectivity index (χ4v) is 9.71. The zero-order chi connectivity index (χ0) is 63.0. The van der Waals surface area contributed by atoms with Crippen molar-refractivity contribution < 1.29 is 42.9 Å². The molecule has 0 aromatic rings. The normalized spacial score (nSPS) is 13.0. The van der Waals surface area contributed by atoms with Crippen LogP contribution < -0.4 is 0 Å². The number of hydrogen-bond acceptors (Lipinski definition) is 9. The van der Waals surface area contributed by atoms with Crippen LogP contribution in [-0.4, -0.2) is 55.4 Å². The van der Waals surface area contributed by atoms with Crippen molar-refractivity contribution in [3.63, 3.8) is 0 Å². The second kappa shape index (κ2) is 67.2. The van der Waals surface area contributed by atoms with Gasteiger partial charge in [0.05, 0.1) is 19.8 Å². The maximum absolute atomic E-state index is 12.4. The number of carbonyl (C=O) groups excluding carboxylic acids is 5. The Hall–Kier alpha value is -3.93. The van der Waals surface area contributed by atoms with Crippen LogP contribution in [0.3, 0.4) is 0 Å². The molecule has 0 amide bonds. The number of carbonyl (C=O) groups is 5. The van der Waals surface area contributed by atoms with Gasteiger partial charge in [0.2, 0.25) is 0 Å². The van der Waals surface area contributed by atoms with E-state index in [0.717, 1.165) is 44.4 Å². The first-order valence-corrected chi connectivity index (χ1v) is 34.3. The van der Waals surface area contributed by atoms with Gasteiger partial charge in [-0.3, -0.25) is 24.0 Å². The molecule has 0 saturated heterocycles. The van der Waals surface area contributed by atoms with E-state index in [1.807, 2.05) is 34.6 Å². The van der Waals surface area contributed by atoms with Gasteiger partial charge in [0.25, 0.3) is 0 Å².